The van der Waals surface area contributed by atoms with Gasteiger partial charge in [0.25, 0.3) is 5.89 Å². The standard InChI is InChI=1S/C17H20N4O5/c1-10-14(15-19-11(2)20-26-15)21(7-8-25-10)17(24)18-9-12-3-5-13(6-4-12)16(22)23/h3-6,10,14H,7-9H2,1-2H3,(H,18,24)(H,22,23)/t10-,14+/m1/s1. The highest BCUT2D eigenvalue weighted by atomic mass is 16.5. The summed E-state index contributed by atoms with van der Waals surface area (Å²) < 4.78 is 10.9. The number of morpholine rings is 1. The van der Waals surface area contributed by atoms with Gasteiger partial charge >= 0.3 is 12.0 Å². The van der Waals surface area contributed by atoms with E-state index >= 15 is 0 Å². The van der Waals surface area contributed by atoms with E-state index in [1.165, 1.54) is 12.1 Å². The molecule has 2 aromatic rings. The number of urea groups is 1. The van der Waals surface area contributed by atoms with Gasteiger partial charge in [-0.1, -0.05) is 17.3 Å². The van der Waals surface area contributed by atoms with Gasteiger partial charge in [-0.05, 0) is 31.5 Å². The smallest absolute Gasteiger partial charge is 0.335 e. The summed E-state index contributed by atoms with van der Waals surface area (Å²) in [6.07, 6.45) is -0.274. The molecule has 2 atom stereocenters. The van der Waals surface area contributed by atoms with Crippen LogP contribution in [0.5, 0.6) is 0 Å². The van der Waals surface area contributed by atoms with Gasteiger partial charge in [0.2, 0.25) is 0 Å². The molecule has 2 N–H and O–H groups in total. The number of aryl methyl sites for hydroxylation is 1. The zero-order valence-corrected chi connectivity index (χ0v) is 14.5. The number of carbonyl (C=O) groups is 2. The normalized spacial score (nSPS) is 20.0. The number of nitrogens with zero attached hydrogens (tertiary/aromatic N) is 3. The van der Waals surface area contributed by atoms with Crippen LogP contribution in [0.2, 0.25) is 0 Å². The average Bonchev–Trinajstić information content (AvgIpc) is 3.05. The summed E-state index contributed by atoms with van der Waals surface area (Å²) in [5, 5.41) is 15.5. The third kappa shape index (κ3) is 3.83. The van der Waals surface area contributed by atoms with E-state index in [1.54, 1.807) is 24.0 Å². The van der Waals surface area contributed by atoms with Gasteiger partial charge < -0.3 is 24.6 Å². The largest absolute Gasteiger partial charge is 0.478 e. The Bertz CT molecular complexity index is 789. The first-order valence-corrected chi connectivity index (χ1v) is 8.24. The molecule has 0 unspecified atom stereocenters. The highest BCUT2D eigenvalue weighted by Crippen LogP contribution is 2.28. The second kappa shape index (κ2) is 7.52. The molecule has 2 amide bonds. The summed E-state index contributed by atoms with van der Waals surface area (Å²) in [7, 11) is 0. The van der Waals surface area contributed by atoms with Gasteiger partial charge in [-0.3, -0.25) is 0 Å². The molecule has 26 heavy (non-hydrogen) atoms. The number of nitrogens with one attached hydrogen (secondary N) is 1. The maximum atomic E-state index is 12.7. The van der Waals surface area contributed by atoms with Crippen LogP contribution >= 0.6 is 0 Å². The number of carboxylic acid groups (broad SMARTS) is 1. The summed E-state index contributed by atoms with van der Waals surface area (Å²) in [5.41, 5.74) is 1.00. The summed E-state index contributed by atoms with van der Waals surface area (Å²) in [6.45, 7) is 4.67. The van der Waals surface area contributed by atoms with E-state index < -0.39 is 12.0 Å². The Kier molecular flexibility index (Phi) is 5.17. The van der Waals surface area contributed by atoms with E-state index in [2.05, 4.69) is 15.5 Å². The summed E-state index contributed by atoms with van der Waals surface area (Å²) in [5.74, 6) is -0.145. The van der Waals surface area contributed by atoms with E-state index in [4.69, 9.17) is 14.4 Å². The highest BCUT2D eigenvalue weighted by Gasteiger charge is 2.37. The van der Waals surface area contributed by atoms with Crippen LogP contribution in [0.15, 0.2) is 28.8 Å². The van der Waals surface area contributed by atoms with Crippen molar-refractivity contribution in [2.45, 2.75) is 32.5 Å². The molecule has 9 heteroatoms. The minimum atomic E-state index is -0.986. The van der Waals surface area contributed by atoms with Crippen molar-refractivity contribution in [1.29, 1.82) is 0 Å². The molecule has 3 rings (SSSR count). The van der Waals surface area contributed by atoms with Crippen LogP contribution in [0.4, 0.5) is 4.79 Å². The molecular weight excluding hydrogens is 340 g/mol. The number of hydrogen-bond acceptors (Lipinski definition) is 6. The van der Waals surface area contributed by atoms with Crippen LogP contribution < -0.4 is 5.32 Å². The van der Waals surface area contributed by atoms with Gasteiger partial charge in [0, 0.05) is 13.1 Å². The van der Waals surface area contributed by atoms with Crippen molar-refractivity contribution >= 4 is 12.0 Å². The number of ether oxygens (including phenoxy) is 1. The number of carboxylic acids is 1. The number of hydrogen-bond donors (Lipinski definition) is 2. The first-order chi connectivity index (χ1) is 12.5. The zero-order valence-electron chi connectivity index (χ0n) is 14.5. The van der Waals surface area contributed by atoms with Crippen molar-refractivity contribution in [3.05, 3.63) is 47.1 Å². The second-order valence-corrected chi connectivity index (χ2v) is 6.05. The Hall–Kier alpha value is -2.94. The number of aromatic nitrogens is 2. The second-order valence-electron chi connectivity index (χ2n) is 6.05. The van der Waals surface area contributed by atoms with E-state index in [1.807, 2.05) is 6.92 Å². The Morgan fingerprint density at radius 2 is 2.08 bits per heavy atom. The van der Waals surface area contributed by atoms with E-state index in [0.717, 1.165) is 5.56 Å². The minimum absolute atomic E-state index is 0.203. The van der Waals surface area contributed by atoms with Crippen LogP contribution in [0.3, 0.4) is 0 Å². The number of benzene rings is 1. The van der Waals surface area contributed by atoms with Gasteiger partial charge in [-0.25, -0.2) is 9.59 Å². The van der Waals surface area contributed by atoms with Gasteiger partial charge in [0.15, 0.2) is 5.82 Å². The molecule has 2 heterocycles. The van der Waals surface area contributed by atoms with Gasteiger partial charge in [0.1, 0.15) is 6.04 Å². The zero-order chi connectivity index (χ0) is 18.7. The number of rotatable bonds is 4. The van der Waals surface area contributed by atoms with Crippen molar-refractivity contribution in [1.82, 2.24) is 20.4 Å². The van der Waals surface area contributed by atoms with Crippen molar-refractivity contribution in [2.75, 3.05) is 13.2 Å². The molecule has 1 fully saturated rings. The lowest BCUT2D eigenvalue weighted by Crippen LogP contribution is -2.50. The average molecular weight is 360 g/mol. The van der Waals surface area contributed by atoms with Crippen LogP contribution in [0.25, 0.3) is 0 Å². The molecule has 0 aliphatic carbocycles. The van der Waals surface area contributed by atoms with E-state index in [0.29, 0.717) is 24.9 Å². The molecule has 9 nitrogen and oxygen atoms in total. The highest BCUT2D eigenvalue weighted by molar-refractivity contribution is 5.87. The lowest BCUT2D eigenvalue weighted by molar-refractivity contribution is -0.0546. The molecular formula is C17H20N4O5. The van der Waals surface area contributed by atoms with E-state index in [9.17, 15) is 9.59 Å². The van der Waals surface area contributed by atoms with Crippen LogP contribution in [-0.2, 0) is 11.3 Å². The molecule has 138 valence electrons. The maximum Gasteiger partial charge on any atom is 0.335 e. The first-order valence-electron chi connectivity index (χ1n) is 8.24. The molecule has 1 aliphatic heterocycles. The minimum Gasteiger partial charge on any atom is -0.478 e. The molecule has 0 bridgehead atoms. The molecule has 0 saturated carbocycles. The van der Waals surface area contributed by atoms with Gasteiger partial charge in [-0.15, -0.1) is 0 Å². The number of carbonyl (C=O) groups excluding carboxylic acids is 1. The Morgan fingerprint density at radius 1 is 1.35 bits per heavy atom. The predicted molar refractivity (Wildman–Crippen MR) is 89.5 cm³/mol. The Morgan fingerprint density at radius 3 is 2.69 bits per heavy atom. The quantitative estimate of drug-likeness (QED) is 0.853. The molecule has 1 aromatic heterocycles. The van der Waals surface area contributed by atoms with E-state index in [-0.39, 0.29) is 24.2 Å². The van der Waals surface area contributed by atoms with Crippen molar-refractivity contribution in [3.8, 4) is 0 Å². The summed E-state index contributed by atoms with van der Waals surface area (Å²) in [4.78, 5) is 29.4. The molecule has 0 radical (unpaired) electrons. The fraction of sp³-hybridized carbons (Fsp3) is 0.412. The lowest BCUT2D eigenvalue weighted by Gasteiger charge is -2.37. The Labute approximate surface area is 149 Å². The lowest BCUT2D eigenvalue weighted by atomic mass is 10.1. The van der Waals surface area contributed by atoms with Gasteiger partial charge in [-0.2, -0.15) is 4.98 Å². The summed E-state index contributed by atoms with van der Waals surface area (Å²) in [6, 6.07) is 5.62. The monoisotopic (exact) mass is 360 g/mol. The fourth-order valence-corrected chi connectivity index (χ4v) is 2.86. The third-order valence-corrected chi connectivity index (χ3v) is 4.20. The van der Waals surface area contributed by atoms with Crippen LogP contribution in [0.1, 0.15) is 40.6 Å². The first kappa shape index (κ1) is 17.9. The maximum absolute atomic E-state index is 12.7. The number of aromatic carboxylic acids is 1. The third-order valence-electron chi connectivity index (χ3n) is 4.20. The van der Waals surface area contributed by atoms with Crippen molar-refractivity contribution in [3.63, 3.8) is 0 Å². The SMILES string of the molecule is Cc1noc([C@@H]2[C@@H](C)OCCN2C(=O)NCc2ccc(C(=O)O)cc2)n1. The fourth-order valence-electron chi connectivity index (χ4n) is 2.86. The van der Waals surface area contributed by atoms with Crippen LogP contribution in [-0.4, -0.2) is 51.4 Å². The Balaban J connectivity index is 1.67. The van der Waals surface area contributed by atoms with Crippen molar-refractivity contribution in [2.24, 2.45) is 0 Å². The number of amides is 2. The van der Waals surface area contributed by atoms with Crippen molar-refractivity contribution < 1.29 is 24.0 Å². The molecule has 1 saturated heterocycles. The van der Waals surface area contributed by atoms with Gasteiger partial charge in [0.05, 0.1) is 18.3 Å². The summed E-state index contributed by atoms with van der Waals surface area (Å²) >= 11 is 0. The topological polar surface area (TPSA) is 118 Å². The molecule has 0 spiro atoms. The van der Waals surface area contributed by atoms with Crippen LogP contribution in [0, 0.1) is 6.92 Å². The molecule has 1 aliphatic rings. The molecule has 1 aromatic carbocycles. The predicted octanol–water partition coefficient (Wildman–Crippen LogP) is 1.75.